The predicted molar refractivity (Wildman–Crippen MR) is 118 cm³/mol. The number of hydrogen-bond donors (Lipinski definition) is 4. The van der Waals surface area contributed by atoms with Gasteiger partial charge >= 0.3 is 5.97 Å². The molecular weight excluding hydrogens is 410 g/mol. The van der Waals surface area contributed by atoms with Gasteiger partial charge in [-0.15, -0.1) is 0 Å². The van der Waals surface area contributed by atoms with Crippen LogP contribution in [0.2, 0.25) is 0 Å². The topological polar surface area (TPSA) is 147 Å². The molecule has 0 amide bonds. The molecule has 12 atom stereocenters. The van der Waals surface area contributed by atoms with E-state index in [9.17, 15) is 25.6 Å². The standard InChI is InChI=1S/C24H39N3O5/c1-12(4-7-18(30)31)15-5-6-16-19-17(29)11-13-10-14(28)8-9-23(13,2)20(19)21(26-27-25)22(32)24(15,16)3/h12-17,19-22,28-29,32H,4-11H2,1-3H3,(H,30,31)/t12-,13+,14-,15-,16+,17-,19-,20-,21?,22?,23+,24-/m1/s1. The minimum atomic E-state index is -0.834. The molecule has 4 aliphatic rings. The highest BCUT2D eigenvalue weighted by Gasteiger charge is 2.68. The van der Waals surface area contributed by atoms with Gasteiger partial charge in [0.25, 0.3) is 0 Å². The number of carboxylic acids is 1. The van der Waals surface area contributed by atoms with Crippen LogP contribution in [0.4, 0.5) is 0 Å². The number of aliphatic carboxylic acids is 1. The Balaban J connectivity index is 1.73. The van der Waals surface area contributed by atoms with Crippen LogP contribution in [-0.2, 0) is 4.79 Å². The van der Waals surface area contributed by atoms with Crippen LogP contribution in [0.25, 0.3) is 10.4 Å². The van der Waals surface area contributed by atoms with E-state index in [4.69, 9.17) is 5.11 Å². The summed E-state index contributed by atoms with van der Waals surface area (Å²) >= 11 is 0. The summed E-state index contributed by atoms with van der Waals surface area (Å²) in [6.45, 7) is 6.36. The summed E-state index contributed by atoms with van der Waals surface area (Å²) in [6.07, 6.45) is 3.47. The third-order valence-corrected chi connectivity index (χ3v) is 10.5. The zero-order valence-corrected chi connectivity index (χ0v) is 19.5. The maximum absolute atomic E-state index is 11.8. The third kappa shape index (κ3) is 3.46. The number of nitrogens with zero attached hydrogens (tertiary/aromatic N) is 3. The van der Waals surface area contributed by atoms with Gasteiger partial charge in [-0.1, -0.05) is 25.9 Å². The van der Waals surface area contributed by atoms with Crippen molar-refractivity contribution >= 4 is 5.97 Å². The number of hydrogen-bond acceptors (Lipinski definition) is 5. The van der Waals surface area contributed by atoms with Crippen molar-refractivity contribution in [2.75, 3.05) is 0 Å². The Morgan fingerprint density at radius 3 is 2.56 bits per heavy atom. The molecule has 8 nitrogen and oxygen atoms in total. The Bertz CT molecular complexity index is 788. The molecule has 0 bridgehead atoms. The number of carbonyl (C=O) groups is 1. The highest BCUT2D eigenvalue weighted by Crippen LogP contribution is 2.68. The van der Waals surface area contributed by atoms with Gasteiger partial charge < -0.3 is 20.4 Å². The normalized spacial score (nSPS) is 51.0. The second-order valence-electron chi connectivity index (χ2n) is 11.7. The number of aliphatic hydroxyl groups is 3. The molecule has 4 fully saturated rings. The van der Waals surface area contributed by atoms with E-state index in [1.807, 2.05) is 0 Å². The van der Waals surface area contributed by atoms with Crippen molar-refractivity contribution in [2.24, 2.45) is 51.5 Å². The highest BCUT2D eigenvalue weighted by molar-refractivity contribution is 5.66. The number of rotatable bonds is 5. The molecule has 32 heavy (non-hydrogen) atoms. The fraction of sp³-hybridized carbons (Fsp3) is 0.958. The SMILES string of the molecule is C[C@H](CCC(=O)O)[C@H]1CC[C@H]2[C@@H]3[C@H](O)C[C@@H]4C[C@H](O)CC[C@]4(C)[C@H]3C(N=[N+]=[N-])C(O)[C@]12C. The van der Waals surface area contributed by atoms with Crippen LogP contribution in [0.1, 0.15) is 72.1 Å². The Hall–Kier alpha value is -1.34. The van der Waals surface area contributed by atoms with Crippen LogP contribution in [0, 0.1) is 46.3 Å². The van der Waals surface area contributed by atoms with Gasteiger partial charge in [-0.2, -0.15) is 0 Å². The lowest BCUT2D eigenvalue weighted by Gasteiger charge is -2.65. The summed E-state index contributed by atoms with van der Waals surface area (Å²) in [4.78, 5) is 14.3. The number of aliphatic hydroxyl groups excluding tert-OH is 3. The van der Waals surface area contributed by atoms with E-state index in [2.05, 4.69) is 30.8 Å². The van der Waals surface area contributed by atoms with Crippen molar-refractivity contribution in [3.63, 3.8) is 0 Å². The lowest BCUT2D eigenvalue weighted by molar-refractivity contribution is -0.215. The van der Waals surface area contributed by atoms with Gasteiger partial charge in [-0.05, 0) is 91.4 Å². The van der Waals surface area contributed by atoms with E-state index in [1.165, 1.54) is 0 Å². The van der Waals surface area contributed by atoms with Crippen LogP contribution in [0.15, 0.2) is 5.11 Å². The molecule has 0 aromatic carbocycles. The average molecular weight is 450 g/mol. The van der Waals surface area contributed by atoms with Crippen molar-refractivity contribution in [3.8, 4) is 0 Å². The Morgan fingerprint density at radius 1 is 1.19 bits per heavy atom. The van der Waals surface area contributed by atoms with E-state index in [1.54, 1.807) is 0 Å². The third-order valence-electron chi connectivity index (χ3n) is 10.5. The largest absolute Gasteiger partial charge is 0.481 e. The summed E-state index contributed by atoms with van der Waals surface area (Å²) in [5.74, 6) is -0.522. The highest BCUT2D eigenvalue weighted by atomic mass is 16.4. The van der Waals surface area contributed by atoms with E-state index in [0.29, 0.717) is 25.7 Å². The van der Waals surface area contributed by atoms with E-state index in [-0.39, 0.29) is 53.4 Å². The molecule has 0 radical (unpaired) electrons. The Labute approximate surface area is 190 Å². The van der Waals surface area contributed by atoms with Crippen LogP contribution < -0.4 is 0 Å². The fourth-order valence-electron chi connectivity index (χ4n) is 8.98. The van der Waals surface area contributed by atoms with Crippen molar-refractivity contribution in [1.29, 1.82) is 0 Å². The lowest BCUT2D eigenvalue weighted by atomic mass is 9.42. The molecule has 0 saturated heterocycles. The quantitative estimate of drug-likeness (QED) is 0.287. The van der Waals surface area contributed by atoms with Crippen molar-refractivity contribution < 1.29 is 25.2 Å². The molecular formula is C24H39N3O5. The first-order chi connectivity index (χ1) is 15.1. The first-order valence-electron chi connectivity index (χ1n) is 12.4. The summed E-state index contributed by atoms with van der Waals surface area (Å²) in [6, 6.07) is -0.629. The fourth-order valence-corrected chi connectivity index (χ4v) is 8.98. The van der Waals surface area contributed by atoms with Crippen molar-refractivity contribution in [2.45, 2.75) is 96.5 Å². The number of fused-ring (bicyclic) bond motifs is 5. The van der Waals surface area contributed by atoms with E-state index >= 15 is 0 Å². The van der Waals surface area contributed by atoms with Gasteiger partial charge in [-0.25, -0.2) is 0 Å². The minimum Gasteiger partial charge on any atom is -0.481 e. The summed E-state index contributed by atoms with van der Waals surface area (Å²) < 4.78 is 0. The maximum atomic E-state index is 11.8. The van der Waals surface area contributed by atoms with Gasteiger partial charge in [0.05, 0.1) is 24.4 Å². The number of carboxylic acid groups (broad SMARTS) is 1. The van der Waals surface area contributed by atoms with Crippen LogP contribution in [0.5, 0.6) is 0 Å². The molecule has 4 aliphatic carbocycles. The van der Waals surface area contributed by atoms with Gasteiger partial charge in [0.1, 0.15) is 0 Å². The van der Waals surface area contributed by atoms with Crippen molar-refractivity contribution in [1.82, 2.24) is 0 Å². The van der Waals surface area contributed by atoms with Crippen molar-refractivity contribution in [3.05, 3.63) is 10.4 Å². The summed E-state index contributed by atoms with van der Waals surface area (Å²) in [5.41, 5.74) is 8.71. The van der Waals surface area contributed by atoms with Crippen LogP contribution >= 0.6 is 0 Å². The van der Waals surface area contributed by atoms with Gasteiger partial charge in [-0.3, -0.25) is 4.79 Å². The maximum Gasteiger partial charge on any atom is 0.303 e. The van der Waals surface area contributed by atoms with E-state index in [0.717, 1.165) is 19.3 Å². The minimum absolute atomic E-state index is 0.0629. The lowest BCUT2D eigenvalue weighted by Crippen LogP contribution is -2.67. The zero-order valence-electron chi connectivity index (χ0n) is 19.5. The molecule has 180 valence electrons. The monoisotopic (exact) mass is 449 g/mol. The summed E-state index contributed by atoms with van der Waals surface area (Å²) in [7, 11) is 0. The van der Waals surface area contributed by atoms with Gasteiger partial charge in [0.2, 0.25) is 0 Å². The first-order valence-corrected chi connectivity index (χ1v) is 12.4. The molecule has 0 spiro atoms. The molecule has 4 saturated carbocycles. The molecule has 4 N–H and O–H groups in total. The molecule has 2 unspecified atom stereocenters. The van der Waals surface area contributed by atoms with E-state index < -0.39 is 29.6 Å². The molecule has 0 heterocycles. The molecule has 0 aromatic heterocycles. The molecule has 0 aliphatic heterocycles. The smallest absolute Gasteiger partial charge is 0.303 e. The second-order valence-corrected chi connectivity index (χ2v) is 11.7. The Morgan fingerprint density at radius 2 is 1.91 bits per heavy atom. The van der Waals surface area contributed by atoms with Gasteiger partial charge in [0, 0.05) is 16.7 Å². The van der Waals surface area contributed by atoms with Crippen LogP contribution in [0.3, 0.4) is 0 Å². The zero-order chi connectivity index (χ0) is 23.4. The number of azide groups is 1. The molecule has 8 heteroatoms. The molecule has 0 aromatic rings. The Kier molecular flexibility index (Phi) is 6.29. The van der Waals surface area contributed by atoms with Crippen LogP contribution in [-0.4, -0.2) is 50.7 Å². The first kappa shape index (κ1) is 23.8. The second kappa shape index (κ2) is 8.46. The summed E-state index contributed by atoms with van der Waals surface area (Å²) in [5, 5.41) is 46.8. The van der Waals surface area contributed by atoms with Gasteiger partial charge in [0.15, 0.2) is 0 Å². The predicted octanol–water partition coefficient (Wildman–Crippen LogP) is 3.74. The average Bonchev–Trinajstić information content (AvgIpc) is 3.08. The molecule has 4 rings (SSSR count).